The summed E-state index contributed by atoms with van der Waals surface area (Å²) in [6, 6.07) is 10.2. The molecule has 1 aromatic rings. The lowest BCUT2D eigenvalue weighted by molar-refractivity contribution is -0.122. The van der Waals surface area contributed by atoms with Crippen molar-refractivity contribution < 1.29 is 4.79 Å². The molecule has 0 bridgehead atoms. The van der Waals surface area contributed by atoms with Gasteiger partial charge in [0.2, 0.25) is 5.91 Å². The highest BCUT2D eigenvalue weighted by atomic mass is 16.2. The quantitative estimate of drug-likeness (QED) is 0.410. The molecule has 1 aromatic carbocycles. The molecule has 0 atom stereocenters. The van der Waals surface area contributed by atoms with E-state index in [4.69, 9.17) is 5.84 Å². The highest BCUT2D eigenvalue weighted by Crippen LogP contribution is 2.00. The van der Waals surface area contributed by atoms with Crippen LogP contribution in [0.4, 0.5) is 0 Å². The maximum Gasteiger partial charge on any atom is 0.248 e. The second-order valence-electron chi connectivity index (χ2n) is 3.54. The van der Waals surface area contributed by atoms with Crippen molar-refractivity contribution in [2.45, 2.75) is 6.42 Å². The highest BCUT2D eigenvalue weighted by Gasteiger charge is 2.04. The number of nitrogens with zero attached hydrogens (tertiary/aromatic N) is 1. The van der Waals surface area contributed by atoms with Crippen molar-refractivity contribution in [2.75, 3.05) is 20.1 Å². The van der Waals surface area contributed by atoms with E-state index < -0.39 is 0 Å². The largest absolute Gasteiger partial charge is 0.297 e. The minimum absolute atomic E-state index is 0.162. The summed E-state index contributed by atoms with van der Waals surface area (Å²) in [6.07, 6.45) is 0.940. The zero-order valence-corrected chi connectivity index (χ0v) is 8.94. The molecule has 0 aromatic heterocycles. The summed E-state index contributed by atoms with van der Waals surface area (Å²) >= 11 is 0. The molecule has 4 heteroatoms. The number of likely N-dealkylation sites (N-methyl/N-ethyl adjacent to an activating group) is 1. The molecule has 0 radical (unpaired) electrons. The lowest BCUT2D eigenvalue weighted by Gasteiger charge is -2.14. The van der Waals surface area contributed by atoms with Crippen LogP contribution in [0.25, 0.3) is 0 Å². The SMILES string of the molecule is CN(CCc1ccccc1)CC(=O)NN. The van der Waals surface area contributed by atoms with Crippen LogP contribution in [0, 0.1) is 0 Å². The number of hydrogen-bond donors (Lipinski definition) is 2. The van der Waals surface area contributed by atoms with E-state index in [1.165, 1.54) is 5.56 Å². The van der Waals surface area contributed by atoms with Gasteiger partial charge in [0.1, 0.15) is 0 Å². The topological polar surface area (TPSA) is 58.4 Å². The second kappa shape index (κ2) is 6.16. The average molecular weight is 207 g/mol. The van der Waals surface area contributed by atoms with Crippen LogP contribution in [0.5, 0.6) is 0 Å². The Morgan fingerprint density at radius 1 is 1.40 bits per heavy atom. The number of carbonyl (C=O) groups is 1. The first-order chi connectivity index (χ1) is 7.22. The van der Waals surface area contributed by atoms with Crippen LogP contribution in [0.15, 0.2) is 30.3 Å². The molecular formula is C11H17N3O. The summed E-state index contributed by atoms with van der Waals surface area (Å²) in [4.78, 5) is 12.9. The van der Waals surface area contributed by atoms with Crippen LogP contribution in [-0.2, 0) is 11.2 Å². The summed E-state index contributed by atoms with van der Waals surface area (Å²) in [6.45, 7) is 1.18. The minimum atomic E-state index is -0.162. The molecule has 82 valence electrons. The van der Waals surface area contributed by atoms with E-state index in [0.717, 1.165) is 13.0 Å². The van der Waals surface area contributed by atoms with Gasteiger partial charge in [0, 0.05) is 6.54 Å². The van der Waals surface area contributed by atoms with Crippen molar-refractivity contribution >= 4 is 5.91 Å². The van der Waals surface area contributed by atoms with Gasteiger partial charge in [0.05, 0.1) is 6.54 Å². The highest BCUT2D eigenvalue weighted by molar-refractivity contribution is 5.77. The van der Waals surface area contributed by atoms with Gasteiger partial charge < -0.3 is 0 Å². The maximum absolute atomic E-state index is 11.0. The molecule has 0 fully saturated rings. The zero-order valence-electron chi connectivity index (χ0n) is 8.94. The van der Waals surface area contributed by atoms with Gasteiger partial charge >= 0.3 is 0 Å². The Hall–Kier alpha value is -1.39. The Morgan fingerprint density at radius 2 is 2.07 bits per heavy atom. The molecule has 15 heavy (non-hydrogen) atoms. The molecule has 0 aliphatic heterocycles. The molecule has 1 rings (SSSR count). The molecule has 0 heterocycles. The molecule has 0 saturated carbocycles. The number of nitrogens with one attached hydrogen (secondary N) is 1. The predicted octanol–water partition coefficient (Wildman–Crippen LogP) is 0.151. The van der Waals surface area contributed by atoms with Crippen molar-refractivity contribution in [1.82, 2.24) is 10.3 Å². The lowest BCUT2D eigenvalue weighted by atomic mass is 10.1. The van der Waals surface area contributed by atoms with Crippen molar-refractivity contribution in [3.05, 3.63) is 35.9 Å². The smallest absolute Gasteiger partial charge is 0.248 e. The first kappa shape index (κ1) is 11.7. The number of hydrazine groups is 1. The van der Waals surface area contributed by atoms with Crippen LogP contribution in [0.3, 0.4) is 0 Å². The van der Waals surface area contributed by atoms with Gasteiger partial charge in [-0.1, -0.05) is 30.3 Å². The van der Waals surface area contributed by atoms with E-state index in [9.17, 15) is 4.79 Å². The van der Waals surface area contributed by atoms with Gasteiger partial charge in [0.25, 0.3) is 0 Å². The summed E-state index contributed by atoms with van der Waals surface area (Å²) in [7, 11) is 1.90. The van der Waals surface area contributed by atoms with Gasteiger partial charge in [-0.25, -0.2) is 5.84 Å². The van der Waals surface area contributed by atoms with Crippen LogP contribution in [0.1, 0.15) is 5.56 Å². The summed E-state index contributed by atoms with van der Waals surface area (Å²) in [5, 5.41) is 0. The fourth-order valence-electron chi connectivity index (χ4n) is 1.33. The third-order valence-electron chi connectivity index (χ3n) is 2.20. The molecule has 3 N–H and O–H groups in total. The van der Waals surface area contributed by atoms with E-state index in [0.29, 0.717) is 6.54 Å². The van der Waals surface area contributed by atoms with E-state index in [1.54, 1.807) is 0 Å². The van der Waals surface area contributed by atoms with Gasteiger partial charge in [-0.05, 0) is 19.0 Å². The van der Waals surface area contributed by atoms with Gasteiger partial charge in [-0.3, -0.25) is 15.1 Å². The standard InChI is InChI=1S/C11H17N3O/c1-14(9-11(15)13-12)8-7-10-5-3-2-4-6-10/h2-6H,7-9,12H2,1H3,(H,13,15). The molecule has 0 unspecified atom stereocenters. The maximum atomic E-state index is 11.0. The Kier molecular flexibility index (Phi) is 4.80. The zero-order chi connectivity index (χ0) is 11.1. The lowest BCUT2D eigenvalue weighted by Crippen LogP contribution is -2.39. The molecular weight excluding hydrogens is 190 g/mol. The Balaban J connectivity index is 2.28. The summed E-state index contributed by atoms with van der Waals surface area (Å²) in [5.41, 5.74) is 3.39. The van der Waals surface area contributed by atoms with Crippen LogP contribution >= 0.6 is 0 Å². The average Bonchev–Trinajstić information content (AvgIpc) is 2.27. The number of amides is 1. The molecule has 0 spiro atoms. The van der Waals surface area contributed by atoms with Gasteiger partial charge in [0.15, 0.2) is 0 Å². The normalized spacial score (nSPS) is 10.3. The predicted molar refractivity (Wildman–Crippen MR) is 60.0 cm³/mol. The monoisotopic (exact) mass is 207 g/mol. The molecule has 0 aliphatic carbocycles. The summed E-state index contributed by atoms with van der Waals surface area (Å²) < 4.78 is 0. The molecule has 0 aliphatic rings. The van der Waals surface area contributed by atoms with Crippen molar-refractivity contribution in [3.8, 4) is 0 Å². The molecule has 4 nitrogen and oxygen atoms in total. The number of carbonyl (C=O) groups excluding carboxylic acids is 1. The van der Waals surface area contributed by atoms with E-state index in [2.05, 4.69) is 17.6 Å². The van der Waals surface area contributed by atoms with Crippen LogP contribution < -0.4 is 11.3 Å². The Morgan fingerprint density at radius 3 is 2.67 bits per heavy atom. The van der Waals surface area contributed by atoms with E-state index >= 15 is 0 Å². The first-order valence-corrected chi connectivity index (χ1v) is 4.94. The van der Waals surface area contributed by atoms with E-state index in [1.807, 2.05) is 30.1 Å². The first-order valence-electron chi connectivity index (χ1n) is 4.94. The number of hydrogen-bond acceptors (Lipinski definition) is 3. The fourth-order valence-corrected chi connectivity index (χ4v) is 1.33. The van der Waals surface area contributed by atoms with Crippen LogP contribution in [-0.4, -0.2) is 30.9 Å². The second-order valence-corrected chi connectivity index (χ2v) is 3.54. The third kappa shape index (κ3) is 4.58. The number of nitrogens with two attached hydrogens (primary N) is 1. The Labute approximate surface area is 90.0 Å². The third-order valence-corrected chi connectivity index (χ3v) is 2.20. The van der Waals surface area contributed by atoms with Gasteiger partial charge in [-0.15, -0.1) is 0 Å². The van der Waals surface area contributed by atoms with Gasteiger partial charge in [-0.2, -0.15) is 0 Å². The fraction of sp³-hybridized carbons (Fsp3) is 0.364. The summed E-state index contributed by atoms with van der Waals surface area (Å²) in [5.74, 6) is 4.84. The number of benzene rings is 1. The van der Waals surface area contributed by atoms with E-state index in [-0.39, 0.29) is 5.91 Å². The Bertz CT molecular complexity index is 300. The minimum Gasteiger partial charge on any atom is -0.297 e. The number of rotatable bonds is 5. The van der Waals surface area contributed by atoms with Crippen molar-refractivity contribution in [1.29, 1.82) is 0 Å². The molecule has 1 amide bonds. The molecule has 0 saturated heterocycles. The van der Waals surface area contributed by atoms with Crippen molar-refractivity contribution in [2.24, 2.45) is 5.84 Å². The van der Waals surface area contributed by atoms with Crippen LogP contribution in [0.2, 0.25) is 0 Å². The van der Waals surface area contributed by atoms with Crippen molar-refractivity contribution in [3.63, 3.8) is 0 Å².